The Morgan fingerprint density at radius 2 is 2.03 bits per heavy atom. The Kier molecular flexibility index (Phi) is 5.70. The third-order valence-electron chi connectivity index (χ3n) is 5.14. The molecule has 1 unspecified atom stereocenters. The first-order chi connectivity index (χ1) is 15.1. The molecule has 1 atom stereocenters. The molecule has 0 saturated carbocycles. The molecule has 10 heteroatoms. The van der Waals surface area contributed by atoms with E-state index in [1.807, 2.05) is 4.57 Å². The van der Waals surface area contributed by atoms with E-state index in [0.29, 0.717) is 29.4 Å². The van der Waals surface area contributed by atoms with Crippen molar-refractivity contribution in [3.63, 3.8) is 0 Å². The highest BCUT2D eigenvalue weighted by molar-refractivity contribution is 5.88. The summed E-state index contributed by atoms with van der Waals surface area (Å²) in [6.07, 6.45) is -4.79. The molecule has 170 valence electrons. The molecule has 2 aromatic heterocycles. The van der Waals surface area contributed by atoms with E-state index in [2.05, 4.69) is 15.0 Å². The lowest BCUT2D eigenvalue weighted by Crippen LogP contribution is -2.37. The largest absolute Gasteiger partial charge is 0.573 e. The van der Waals surface area contributed by atoms with Gasteiger partial charge >= 0.3 is 12.5 Å². The Hall–Kier alpha value is -3.30. The number of hydrogen-bond donors (Lipinski definition) is 1. The zero-order valence-electron chi connectivity index (χ0n) is 17.4. The summed E-state index contributed by atoms with van der Waals surface area (Å²) in [6, 6.07) is 8.31. The van der Waals surface area contributed by atoms with E-state index in [-0.39, 0.29) is 24.4 Å². The van der Waals surface area contributed by atoms with Gasteiger partial charge < -0.3 is 19.4 Å². The van der Waals surface area contributed by atoms with Crippen molar-refractivity contribution in [1.29, 1.82) is 0 Å². The van der Waals surface area contributed by atoms with Crippen molar-refractivity contribution < 1.29 is 31.8 Å². The van der Waals surface area contributed by atoms with E-state index in [0.717, 1.165) is 11.3 Å². The van der Waals surface area contributed by atoms with Gasteiger partial charge in [0.25, 0.3) is 0 Å². The highest BCUT2D eigenvalue weighted by Gasteiger charge is 2.33. The Balaban J connectivity index is 1.71. The van der Waals surface area contributed by atoms with Crippen molar-refractivity contribution >= 4 is 17.0 Å². The zero-order valence-corrected chi connectivity index (χ0v) is 17.4. The number of halogens is 4. The van der Waals surface area contributed by atoms with Crippen LogP contribution >= 0.6 is 0 Å². The molecule has 0 aliphatic heterocycles. The minimum Gasteiger partial charge on any atom is -0.447 e. The number of fused-ring (bicyclic) bond motifs is 3. The number of hydrogen-bond acceptors (Lipinski definition) is 4. The predicted octanol–water partition coefficient (Wildman–Crippen LogP) is 4.72. The van der Waals surface area contributed by atoms with E-state index in [1.165, 1.54) is 18.2 Å². The van der Waals surface area contributed by atoms with Gasteiger partial charge in [0.1, 0.15) is 5.75 Å². The second-order valence-corrected chi connectivity index (χ2v) is 7.89. The molecule has 6 nitrogen and oxygen atoms in total. The van der Waals surface area contributed by atoms with Crippen molar-refractivity contribution in [2.24, 2.45) is 0 Å². The van der Waals surface area contributed by atoms with Gasteiger partial charge in [-0.25, -0.2) is 9.78 Å². The average Bonchev–Trinajstić information content (AvgIpc) is 3.18. The predicted molar refractivity (Wildman–Crippen MR) is 108 cm³/mol. The Bertz CT molecular complexity index is 1160. The van der Waals surface area contributed by atoms with Crippen LogP contribution in [0.2, 0.25) is 0 Å². The fourth-order valence-corrected chi connectivity index (χ4v) is 4.06. The lowest BCUT2D eigenvalue weighted by Gasteiger charge is -2.16. The fraction of sp³-hybridized carbons (Fsp3) is 0.364. The number of carbonyl (C=O) groups excluding carboxylic acids is 1. The monoisotopic (exact) mass is 451 g/mol. The number of amides is 1. The maximum Gasteiger partial charge on any atom is 0.573 e. The second-order valence-electron chi connectivity index (χ2n) is 7.89. The molecular formula is C22H21F4N3O3. The first-order valence-electron chi connectivity index (χ1n) is 10.1. The maximum absolute atomic E-state index is 13.6. The molecule has 0 fully saturated rings. The normalized spacial score (nSPS) is 15.8. The van der Waals surface area contributed by atoms with Gasteiger partial charge in [-0.15, -0.1) is 13.2 Å². The third-order valence-corrected chi connectivity index (χ3v) is 5.14. The van der Waals surface area contributed by atoms with Crippen LogP contribution in [0.3, 0.4) is 0 Å². The number of carbonyl (C=O) groups is 1. The number of rotatable bonds is 5. The number of nitrogens with one attached hydrogen (secondary N) is 1. The molecule has 1 aliphatic rings. The van der Waals surface area contributed by atoms with Crippen LogP contribution in [0.25, 0.3) is 10.9 Å². The van der Waals surface area contributed by atoms with Crippen LogP contribution in [0.15, 0.2) is 36.4 Å². The van der Waals surface area contributed by atoms with E-state index in [9.17, 15) is 22.4 Å². The van der Waals surface area contributed by atoms with Gasteiger partial charge in [-0.05, 0) is 56.2 Å². The summed E-state index contributed by atoms with van der Waals surface area (Å²) in [5.74, 6) is -0.947. The highest BCUT2D eigenvalue weighted by Crippen LogP contribution is 2.37. The number of benzene rings is 1. The Morgan fingerprint density at radius 3 is 2.72 bits per heavy atom. The van der Waals surface area contributed by atoms with E-state index < -0.39 is 18.4 Å². The van der Waals surface area contributed by atoms with Crippen molar-refractivity contribution in [3.8, 4) is 5.75 Å². The Morgan fingerprint density at radius 1 is 1.25 bits per heavy atom. The molecule has 0 spiro atoms. The smallest absolute Gasteiger partial charge is 0.447 e. The van der Waals surface area contributed by atoms with Gasteiger partial charge in [0.15, 0.2) is 0 Å². The quantitative estimate of drug-likeness (QED) is 0.450. The van der Waals surface area contributed by atoms with Crippen LogP contribution in [0.4, 0.5) is 22.4 Å². The first kappa shape index (κ1) is 21.9. The summed E-state index contributed by atoms with van der Waals surface area (Å²) in [5.41, 5.74) is 2.79. The van der Waals surface area contributed by atoms with Gasteiger partial charge in [0, 0.05) is 29.1 Å². The van der Waals surface area contributed by atoms with E-state index in [4.69, 9.17) is 4.74 Å². The standard InChI is InChI=1S/C22H21F4N3O3/c1-12(2)31-21(30)28-14-8-16-17-10-15(32-22(24,25)26)6-7-18(17)29(19(16)9-14)11-13-4-3-5-20(23)27-13/h3-7,10,12,14H,8-9,11H2,1-2H3,(H,28,30). The summed E-state index contributed by atoms with van der Waals surface area (Å²) in [6.45, 7) is 3.70. The number of alkyl halides is 3. The summed E-state index contributed by atoms with van der Waals surface area (Å²) in [7, 11) is 0. The highest BCUT2D eigenvalue weighted by atomic mass is 19.4. The SMILES string of the molecule is CC(C)OC(=O)NC1Cc2c(n(Cc3cccc(F)n3)c3ccc(OC(F)(F)F)cc23)C1. The topological polar surface area (TPSA) is 65.4 Å². The van der Waals surface area contributed by atoms with E-state index in [1.54, 1.807) is 32.0 Å². The molecule has 4 rings (SSSR count). The molecule has 1 amide bonds. The van der Waals surface area contributed by atoms with Crippen LogP contribution in [0.1, 0.15) is 30.8 Å². The van der Waals surface area contributed by atoms with Crippen molar-refractivity contribution in [2.45, 2.75) is 51.7 Å². The van der Waals surface area contributed by atoms with Crippen LogP contribution in [-0.2, 0) is 24.1 Å². The lowest BCUT2D eigenvalue weighted by molar-refractivity contribution is -0.274. The zero-order chi connectivity index (χ0) is 23.0. The summed E-state index contributed by atoms with van der Waals surface area (Å²) in [5, 5.41) is 3.38. The molecule has 3 aromatic rings. The number of aromatic nitrogens is 2. The summed E-state index contributed by atoms with van der Waals surface area (Å²) < 4.78 is 62.9. The molecule has 0 radical (unpaired) electrons. The summed E-state index contributed by atoms with van der Waals surface area (Å²) >= 11 is 0. The molecule has 1 aliphatic carbocycles. The van der Waals surface area contributed by atoms with Gasteiger partial charge in [0.2, 0.25) is 5.95 Å². The van der Waals surface area contributed by atoms with Gasteiger partial charge in [-0.2, -0.15) is 4.39 Å². The van der Waals surface area contributed by atoms with Gasteiger partial charge in [0.05, 0.1) is 18.3 Å². The number of ether oxygens (including phenoxy) is 2. The van der Waals surface area contributed by atoms with Crippen LogP contribution in [0, 0.1) is 5.95 Å². The minimum atomic E-state index is -4.81. The van der Waals surface area contributed by atoms with Crippen molar-refractivity contribution in [2.75, 3.05) is 0 Å². The third kappa shape index (κ3) is 4.79. The van der Waals surface area contributed by atoms with Gasteiger partial charge in [-0.3, -0.25) is 0 Å². The maximum atomic E-state index is 13.6. The minimum absolute atomic E-state index is 0.228. The first-order valence-corrected chi connectivity index (χ1v) is 10.1. The fourth-order valence-electron chi connectivity index (χ4n) is 4.06. The van der Waals surface area contributed by atoms with Crippen LogP contribution < -0.4 is 10.1 Å². The van der Waals surface area contributed by atoms with Crippen LogP contribution in [-0.4, -0.2) is 34.2 Å². The molecular weight excluding hydrogens is 430 g/mol. The lowest BCUT2D eigenvalue weighted by atomic mass is 10.1. The van der Waals surface area contributed by atoms with Gasteiger partial charge in [-0.1, -0.05) is 6.07 Å². The average molecular weight is 451 g/mol. The number of nitrogens with zero attached hydrogens (tertiary/aromatic N) is 2. The van der Waals surface area contributed by atoms with Crippen molar-refractivity contribution in [3.05, 3.63) is 59.3 Å². The van der Waals surface area contributed by atoms with Crippen molar-refractivity contribution in [1.82, 2.24) is 14.9 Å². The molecule has 0 saturated heterocycles. The second kappa shape index (κ2) is 8.33. The molecule has 1 aromatic carbocycles. The molecule has 0 bridgehead atoms. The summed E-state index contributed by atoms with van der Waals surface area (Å²) in [4.78, 5) is 15.9. The molecule has 2 heterocycles. The number of alkyl carbamates (subject to hydrolysis) is 1. The molecule has 32 heavy (non-hydrogen) atoms. The Labute approximate surface area is 181 Å². The van der Waals surface area contributed by atoms with E-state index >= 15 is 0 Å². The molecule has 1 N–H and O–H groups in total. The number of pyridine rings is 1. The van der Waals surface area contributed by atoms with Crippen LogP contribution in [0.5, 0.6) is 5.75 Å².